The van der Waals surface area contributed by atoms with Crippen LogP contribution in [0.25, 0.3) is 0 Å². The molecule has 1 atom stereocenters. The fourth-order valence-corrected chi connectivity index (χ4v) is 1.67. The van der Waals surface area contributed by atoms with Crippen molar-refractivity contribution in [2.75, 3.05) is 13.1 Å². The molecule has 0 aliphatic carbocycles. The number of aromatic nitrogens is 1. The standard InChI is InChI=1S/C14H24N2O/c1-4-6-13(11-16-9-12(2)3)17-14-7-5-8-15-10-14/h5,7-8,10,12-13,16H,4,6,9,11H2,1-3H3. The van der Waals surface area contributed by atoms with Crippen LogP contribution in [0.15, 0.2) is 24.5 Å². The second-order valence-electron chi connectivity index (χ2n) is 4.77. The Bertz CT molecular complexity index is 288. The van der Waals surface area contributed by atoms with Gasteiger partial charge in [-0.2, -0.15) is 0 Å². The molecule has 17 heavy (non-hydrogen) atoms. The van der Waals surface area contributed by atoms with Gasteiger partial charge in [-0.15, -0.1) is 0 Å². The molecule has 96 valence electrons. The van der Waals surface area contributed by atoms with E-state index in [-0.39, 0.29) is 6.10 Å². The third kappa shape index (κ3) is 6.27. The molecule has 0 fully saturated rings. The molecule has 0 spiro atoms. The zero-order chi connectivity index (χ0) is 12.5. The largest absolute Gasteiger partial charge is 0.487 e. The normalized spacial score (nSPS) is 12.7. The number of rotatable bonds is 8. The lowest BCUT2D eigenvalue weighted by atomic mass is 10.2. The van der Waals surface area contributed by atoms with E-state index in [9.17, 15) is 0 Å². The highest BCUT2D eigenvalue weighted by Crippen LogP contribution is 2.11. The van der Waals surface area contributed by atoms with E-state index in [0.29, 0.717) is 5.92 Å². The van der Waals surface area contributed by atoms with Crippen LogP contribution in [0.4, 0.5) is 0 Å². The molecular formula is C14H24N2O. The van der Waals surface area contributed by atoms with E-state index in [4.69, 9.17) is 4.74 Å². The molecule has 1 unspecified atom stereocenters. The molecule has 3 heteroatoms. The van der Waals surface area contributed by atoms with Gasteiger partial charge in [0.15, 0.2) is 0 Å². The van der Waals surface area contributed by atoms with Crippen molar-refractivity contribution in [3.8, 4) is 5.75 Å². The summed E-state index contributed by atoms with van der Waals surface area (Å²) in [6, 6.07) is 3.86. The molecule has 1 aromatic heterocycles. The zero-order valence-electron chi connectivity index (χ0n) is 11.1. The third-order valence-electron chi connectivity index (χ3n) is 2.47. The van der Waals surface area contributed by atoms with E-state index >= 15 is 0 Å². The summed E-state index contributed by atoms with van der Waals surface area (Å²) in [7, 11) is 0. The average molecular weight is 236 g/mol. The Hall–Kier alpha value is -1.09. The first-order valence-corrected chi connectivity index (χ1v) is 6.49. The first-order chi connectivity index (χ1) is 8.22. The Kier molecular flexibility index (Phi) is 6.63. The van der Waals surface area contributed by atoms with Gasteiger partial charge in [0.1, 0.15) is 11.9 Å². The van der Waals surface area contributed by atoms with Crippen LogP contribution in [0.2, 0.25) is 0 Å². The lowest BCUT2D eigenvalue weighted by molar-refractivity contribution is 0.184. The number of pyridine rings is 1. The first kappa shape index (κ1) is 14.0. The summed E-state index contributed by atoms with van der Waals surface area (Å²) in [5, 5.41) is 3.44. The van der Waals surface area contributed by atoms with Gasteiger partial charge in [0, 0.05) is 12.7 Å². The molecule has 3 nitrogen and oxygen atoms in total. The molecule has 0 saturated heterocycles. The lowest BCUT2D eigenvalue weighted by Crippen LogP contribution is -2.33. The Balaban J connectivity index is 2.37. The minimum Gasteiger partial charge on any atom is -0.487 e. The average Bonchev–Trinajstić information content (AvgIpc) is 2.30. The van der Waals surface area contributed by atoms with Crippen molar-refractivity contribution in [3.63, 3.8) is 0 Å². The van der Waals surface area contributed by atoms with Crippen molar-refractivity contribution in [2.45, 2.75) is 39.7 Å². The fraction of sp³-hybridized carbons (Fsp3) is 0.643. The molecular weight excluding hydrogens is 212 g/mol. The topological polar surface area (TPSA) is 34.1 Å². The Morgan fingerprint density at radius 2 is 2.18 bits per heavy atom. The highest BCUT2D eigenvalue weighted by molar-refractivity contribution is 5.15. The van der Waals surface area contributed by atoms with Crippen LogP contribution >= 0.6 is 0 Å². The molecule has 1 aromatic rings. The van der Waals surface area contributed by atoms with Gasteiger partial charge in [-0.3, -0.25) is 4.98 Å². The van der Waals surface area contributed by atoms with Crippen LogP contribution in [0.5, 0.6) is 5.75 Å². The fourth-order valence-electron chi connectivity index (χ4n) is 1.67. The molecule has 1 N–H and O–H groups in total. The van der Waals surface area contributed by atoms with Crippen molar-refractivity contribution >= 4 is 0 Å². The maximum atomic E-state index is 5.91. The summed E-state index contributed by atoms with van der Waals surface area (Å²) in [4.78, 5) is 4.06. The minimum atomic E-state index is 0.239. The number of hydrogen-bond donors (Lipinski definition) is 1. The van der Waals surface area contributed by atoms with Crippen molar-refractivity contribution in [1.82, 2.24) is 10.3 Å². The number of ether oxygens (including phenoxy) is 1. The highest BCUT2D eigenvalue weighted by Gasteiger charge is 2.09. The van der Waals surface area contributed by atoms with Gasteiger partial charge in [-0.1, -0.05) is 27.2 Å². The summed E-state index contributed by atoms with van der Waals surface area (Å²) >= 11 is 0. The molecule has 0 aliphatic rings. The predicted octanol–water partition coefficient (Wildman–Crippen LogP) is 2.87. The van der Waals surface area contributed by atoms with Gasteiger partial charge >= 0.3 is 0 Å². The van der Waals surface area contributed by atoms with Gasteiger partial charge in [-0.05, 0) is 31.0 Å². The summed E-state index contributed by atoms with van der Waals surface area (Å²) in [5.74, 6) is 1.54. The third-order valence-corrected chi connectivity index (χ3v) is 2.47. The molecule has 0 aromatic carbocycles. The van der Waals surface area contributed by atoms with Crippen molar-refractivity contribution in [1.29, 1.82) is 0 Å². The highest BCUT2D eigenvalue weighted by atomic mass is 16.5. The summed E-state index contributed by atoms with van der Waals surface area (Å²) < 4.78 is 5.91. The van der Waals surface area contributed by atoms with Gasteiger partial charge in [0.25, 0.3) is 0 Å². The quantitative estimate of drug-likeness (QED) is 0.753. The maximum Gasteiger partial charge on any atom is 0.138 e. The van der Waals surface area contributed by atoms with Crippen LogP contribution in [-0.4, -0.2) is 24.2 Å². The zero-order valence-corrected chi connectivity index (χ0v) is 11.1. The van der Waals surface area contributed by atoms with Crippen molar-refractivity contribution in [3.05, 3.63) is 24.5 Å². The van der Waals surface area contributed by atoms with Gasteiger partial charge < -0.3 is 10.1 Å². The van der Waals surface area contributed by atoms with E-state index in [2.05, 4.69) is 31.1 Å². The lowest BCUT2D eigenvalue weighted by Gasteiger charge is -2.19. The van der Waals surface area contributed by atoms with E-state index in [0.717, 1.165) is 31.7 Å². The Morgan fingerprint density at radius 1 is 1.35 bits per heavy atom. The number of nitrogens with zero attached hydrogens (tertiary/aromatic N) is 1. The smallest absolute Gasteiger partial charge is 0.138 e. The van der Waals surface area contributed by atoms with Crippen LogP contribution in [-0.2, 0) is 0 Å². The van der Waals surface area contributed by atoms with E-state index in [1.165, 1.54) is 0 Å². The predicted molar refractivity (Wildman–Crippen MR) is 71.3 cm³/mol. The van der Waals surface area contributed by atoms with Crippen LogP contribution in [0.3, 0.4) is 0 Å². The van der Waals surface area contributed by atoms with Gasteiger partial charge in [-0.25, -0.2) is 0 Å². The second kappa shape index (κ2) is 8.07. The molecule has 1 rings (SSSR count). The van der Waals surface area contributed by atoms with Gasteiger partial charge in [0.2, 0.25) is 0 Å². The number of hydrogen-bond acceptors (Lipinski definition) is 3. The first-order valence-electron chi connectivity index (χ1n) is 6.49. The molecule has 0 aliphatic heterocycles. The molecule has 0 bridgehead atoms. The van der Waals surface area contributed by atoms with E-state index in [1.807, 2.05) is 12.1 Å². The Labute approximate surface area is 105 Å². The van der Waals surface area contributed by atoms with Crippen LogP contribution < -0.4 is 10.1 Å². The SMILES string of the molecule is CCCC(CNCC(C)C)Oc1cccnc1. The summed E-state index contributed by atoms with van der Waals surface area (Å²) in [6.07, 6.45) is 5.97. The Morgan fingerprint density at radius 3 is 2.76 bits per heavy atom. The number of nitrogens with one attached hydrogen (secondary N) is 1. The maximum absolute atomic E-state index is 5.91. The minimum absolute atomic E-state index is 0.239. The van der Waals surface area contributed by atoms with Crippen molar-refractivity contribution in [2.24, 2.45) is 5.92 Å². The van der Waals surface area contributed by atoms with Crippen molar-refractivity contribution < 1.29 is 4.74 Å². The second-order valence-corrected chi connectivity index (χ2v) is 4.77. The van der Waals surface area contributed by atoms with Gasteiger partial charge in [0.05, 0.1) is 6.20 Å². The molecule has 0 amide bonds. The van der Waals surface area contributed by atoms with E-state index in [1.54, 1.807) is 12.4 Å². The molecule has 0 saturated carbocycles. The van der Waals surface area contributed by atoms with Crippen LogP contribution in [0.1, 0.15) is 33.6 Å². The van der Waals surface area contributed by atoms with Crippen LogP contribution in [0, 0.1) is 5.92 Å². The molecule has 0 radical (unpaired) electrons. The monoisotopic (exact) mass is 236 g/mol. The van der Waals surface area contributed by atoms with E-state index < -0.39 is 0 Å². The molecule has 1 heterocycles. The summed E-state index contributed by atoms with van der Waals surface area (Å²) in [5.41, 5.74) is 0. The summed E-state index contributed by atoms with van der Waals surface area (Å²) in [6.45, 7) is 8.55.